The molecule has 0 spiro atoms. The molecule has 90 valence electrons. The summed E-state index contributed by atoms with van der Waals surface area (Å²) in [4.78, 5) is 8.92. The van der Waals surface area contributed by atoms with Crippen LogP contribution < -0.4 is 10.6 Å². The fourth-order valence-electron chi connectivity index (χ4n) is 1.79. The molecule has 2 heterocycles. The predicted molar refractivity (Wildman–Crippen MR) is 68.4 cm³/mol. The van der Waals surface area contributed by atoms with Gasteiger partial charge in [-0.05, 0) is 19.3 Å². The van der Waals surface area contributed by atoms with E-state index in [1.807, 2.05) is 16.8 Å². The Labute approximate surface area is 100 Å². The van der Waals surface area contributed by atoms with E-state index < -0.39 is 0 Å². The Morgan fingerprint density at radius 2 is 2.35 bits per heavy atom. The van der Waals surface area contributed by atoms with Crippen LogP contribution in [0.15, 0.2) is 18.6 Å². The van der Waals surface area contributed by atoms with Crippen LogP contribution in [0.5, 0.6) is 0 Å². The summed E-state index contributed by atoms with van der Waals surface area (Å²) in [5, 5.41) is 6.74. The normalized spacial score (nSPS) is 15.1. The molecule has 0 unspecified atom stereocenters. The molecule has 5 heteroatoms. The van der Waals surface area contributed by atoms with E-state index in [2.05, 4.69) is 27.5 Å². The smallest absolute Gasteiger partial charge is 0.180 e. The van der Waals surface area contributed by atoms with Crippen LogP contribution in [0.2, 0.25) is 0 Å². The molecule has 0 amide bonds. The van der Waals surface area contributed by atoms with Crippen molar-refractivity contribution in [1.82, 2.24) is 14.4 Å². The van der Waals surface area contributed by atoms with Gasteiger partial charge in [0.05, 0.1) is 6.20 Å². The van der Waals surface area contributed by atoms with Gasteiger partial charge >= 0.3 is 0 Å². The third-order valence-electron chi connectivity index (χ3n) is 2.85. The number of anilines is 2. The van der Waals surface area contributed by atoms with E-state index >= 15 is 0 Å². The summed E-state index contributed by atoms with van der Waals surface area (Å²) in [6.07, 6.45) is 9.30. The quantitative estimate of drug-likeness (QED) is 0.827. The fourth-order valence-corrected chi connectivity index (χ4v) is 1.79. The molecular formula is C12H17N5. The minimum Gasteiger partial charge on any atom is -0.369 e. The van der Waals surface area contributed by atoms with Crippen LogP contribution >= 0.6 is 0 Å². The zero-order chi connectivity index (χ0) is 11.7. The lowest BCUT2D eigenvalue weighted by Crippen LogP contribution is -2.09. The van der Waals surface area contributed by atoms with Crippen LogP contribution in [-0.4, -0.2) is 27.0 Å². The Balaban J connectivity index is 1.94. The minimum absolute atomic E-state index is 0.587. The first-order valence-corrected chi connectivity index (χ1v) is 6.21. The van der Waals surface area contributed by atoms with Crippen LogP contribution in [0.25, 0.3) is 5.65 Å². The molecule has 1 saturated carbocycles. The fraction of sp³-hybridized carbons (Fsp3) is 0.500. The van der Waals surface area contributed by atoms with Crippen molar-refractivity contribution in [2.75, 3.05) is 17.2 Å². The molecular weight excluding hydrogens is 214 g/mol. The Hall–Kier alpha value is -1.78. The standard InChI is InChI=1S/C12H17N5/c1-2-5-13-10-8-17-7-6-14-12(17)11(16-10)15-9-3-4-9/h6-9,13H,2-5H2,1H3,(H,15,16). The van der Waals surface area contributed by atoms with Gasteiger partial charge in [-0.1, -0.05) is 6.92 Å². The molecule has 1 aliphatic rings. The average Bonchev–Trinajstić information content (AvgIpc) is 3.01. The molecule has 2 aromatic heterocycles. The zero-order valence-electron chi connectivity index (χ0n) is 9.98. The van der Waals surface area contributed by atoms with E-state index in [9.17, 15) is 0 Å². The molecule has 17 heavy (non-hydrogen) atoms. The van der Waals surface area contributed by atoms with E-state index in [1.54, 1.807) is 6.20 Å². The number of aromatic nitrogens is 3. The molecule has 1 fully saturated rings. The number of hydrogen-bond donors (Lipinski definition) is 2. The van der Waals surface area contributed by atoms with Crippen molar-refractivity contribution in [3.05, 3.63) is 18.6 Å². The van der Waals surface area contributed by atoms with Crippen molar-refractivity contribution >= 4 is 17.3 Å². The summed E-state index contributed by atoms with van der Waals surface area (Å²) in [5.41, 5.74) is 0.902. The first kappa shape index (κ1) is 10.4. The van der Waals surface area contributed by atoms with Crippen molar-refractivity contribution < 1.29 is 0 Å². The molecule has 0 saturated heterocycles. The molecule has 2 N–H and O–H groups in total. The van der Waals surface area contributed by atoms with Gasteiger partial charge in [-0.3, -0.25) is 0 Å². The van der Waals surface area contributed by atoms with Crippen LogP contribution in [0, 0.1) is 0 Å². The molecule has 2 aromatic rings. The molecule has 0 aromatic carbocycles. The van der Waals surface area contributed by atoms with Crippen molar-refractivity contribution in [3.63, 3.8) is 0 Å². The first-order valence-electron chi connectivity index (χ1n) is 6.21. The molecule has 0 radical (unpaired) electrons. The van der Waals surface area contributed by atoms with Crippen molar-refractivity contribution in [1.29, 1.82) is 0 Å². The van der Waals surface area contributed by atoms with Crippen LogP contribution in [0.4, 0.5) is 11.6 Å². The van der Waals surface area contributed by atoms with Crippen LogP contribution in [0.3, 0.4) is 0 Å². The Bertz CT molecular complexity index is 515. The largest absolute Gasteiger partial charge is 0.369 e. The number of nitrogens with zero attached hydrogens (tertiary/aromatic N) is 3. The van der Waals surface area contributed by atoms with Gasteiger partial charge in [-0.25, -0.2) is 9.97 Å². The van der Waals surface area contributed by atoms with Gasteiger partial charge in [0, 0.05) is 25.0 Å². The highest BCUT2D eigenvalue weighted by Crippen LogP contribution is 2.26. The minimum atomic E-state index is 0.587. The zero-order valence-corrected chi connectivity index (χ0v) is 9.98. The van der Waals surface area contributed by atoms with Gasteiger partial charge < -0.3 is 15.0 Å². The lowest BCUT2D eigenvalue weighted by molar-refractivity contribution is 0.959. The Morgan fingerprint density at radius 1 is 1.47 bits per heavy atom. The highest BCUT2D eigenvalue weighted by Gasteiger charge is 2.23. The molecule has 0 aliphatic heterocycles. The second kappa shape index (κ2) is 4.24. The van der Waals surface area contributed by atoms with Crippen molar-refractivity contribution in [3.8, 4) is 0 Å². The molecule has 5 nitrogen and oxygen atoms in total. The summed E-state index contributed by atoms with van der Waals surface area (Å²) in [6.45, 7) is 3.09. The number of fused-ring (bicyclic) bond motifs is 1. The second-order valence-electron chi connectivity index (χ2n) is 4.48. The van der Waals surface area contributed by atoms with E-state index in [-0.39, 0.29) is 0 Å². The maximum Gasteiger partial charge on any atom is 0.180 e. The van der Waals surface area contributed by atoms with Crippen LogP contribution in [0.1, 0.15) is 26.2 Å². The Kier molecular flexibility index (Phi) is 2.59. The average molecular weight is 231 g/mol. The maximum atomic E-state index is 4.59. The van der Waals surface area contributed by atoms with Crippen molar-refractivity contribution in [2.45, 2.75) is 32.2 Å². The predicted octanol–water partition coefficient (Wildman–Crippen LogP) is 2.13. The summed E-state index contributed by atoms with van der Waals surface area (Å²) >= 11 is 0. The summed E-state index contributed by atoms with van der Waals surface area (Å²) in [5.74, 6) is 1.79. The van der Waals surface area contributed by atoms with Crippen LogP contribution in [-0.2, 0) is 0 Å². The SMILES string of the molecule is CCCNc1cn2ccnc2c(NC2CC2)n1. The van der Waals surface area contributed by atoms with Gasteiger partial charge in [0.1, 0.15) is 5.82 Å². The number of imidazole rings is 1. The molecule has 3 rings (SSSR count). The number of rotatable bonds is 5. The van der Waals surface area contributed by atoms with E-state index in [1.165, 1.54) is 12.8 Å². The summed E-state index contributed by atoms with van der Waals surface area (Å²) < 4.78 is 2.01. The Morgan fingerprint density at radius 3 is 3.12 bits per heavy atom. The third-order valence-corrected chi connectivity index (χ3v) is 2.85. The lowest BCUT2D eigenvalue weighted by Gasteiger charge is -2.09. The van der Waals surface area contributed by atoms with Gasteiger partial charge in [0.15, 0.2) is 11.5 Å². The lowest BCUT2D eigenvalue weighted by atomic mass is 10.4. The number of nitrogens with one attached hydrogen (secondary N) is 2. The monoisotopic (exact) mass is 231 g/mol. The second-order valence-corrected chi connectivity index (χ2v) is 4.48. The van der Waals surface area contributed by atoms with Crippen molar-refractivity contribution in [2.24, 2.45) is 0 Å². The highest BCUT2D eigenvalue weighted by atomic mass is 15.2. The molecule has 0 bridgehead atoms. The summed E-state index contributed by atoms with van der Waals surface area (Å²) in [6, 6.07) is 0.587. The highest BCUT2D eigenvalue weighted by molar-refractivity contribution is 5.66. The van der Waals surface area contributed by atoms with Gasteiger partial charge in [0.25, 0.3) is 0 Å². The van der Waals surface area contributed by atoms with E-state index in [0.29, 0.717) is 6.04 Å². The third kappa shape index (κ3) is 2.18. The van der Waals surface area contributed by atoms with Gasteiger partial charge in [0.2, 0.25) is 0 Å². The summed E-state index contributed by atoms with van der Waals surface area (Å²) in [7, 11) is 0. The molecule has 1 aliphatic carbocycles. The topological polar surface area (TPSA) is 54.2 Å². The van der Waals surface area contributed by atoms with E-state index in [4.69, 9.17) is 0 Å². The number of hydrogen-bond acceptors (Lipinski definition) is 4. The first-order chi connectivity index (χ1) is 8.36. The van der Waals surface area contributed by atoms with Gasteiger partial charge in [-0.2, -0.15) is 0 Å². The molecule has 0 atom stereocenters. The van der Waals surface area contributed by atoms with E-state index in [0.717, 1.165) is 30.2 Å². The van der Waals surface area contributed by atoms with Gasteiger partial charge in [-0.15, -0.1) is 0 Å². The maximum absolute atomic E-state index is 4.59.